The van der Waals surface area contributed by atoms with Gasteiger partial charge in [0.25, 0.3) is 5.91 Å². The monoisotopic (exact) mass is 316 g/mol. The summed E-state index contributed by atoms with van der Waals surface area (Å²) >= 11 is 0. The molecule has 5 nitrogen and oxygen atoms in total. The molecule has 120 valence electrons. The summed E-state index contributed by atoms with van der Waals surface area (Å²) in [5, 5.41) is 2.57. The maximum atomic E-state index is 12.9. The van der Waals surface area contributed by atoms with Crippen molar-refractivity contribution >= 4 is 11.8 Å². The fourth-order valence-corrected chi connectivity index (χ4v) is 2.55. The Kier molecular flexibility index (Phi) is 4.41. The van der Waals surface area contributed by atoms with Gasteiger partial charge >= 0.3 is 0 Å². The van der Waals surface area contributed by atoms with Gasteiger partial charge in [-0.1, -0.05) is 0 Å². The molecule has 1 saturated heterocycles. The molecule has 0 unspecified atom stereocenters. The molecule has 3 rings (SSSR count). The summed E-state index contributed by atoms with van der Waals surface area (Å²) < 4.78 is 18.4. The number of nitrogens with zero attached hydrogens (tertiary/aromatic N) is 1. The van der Waals surface area contributed by atoms with Gasteiger partial charge in [0, 0.05) is 18.7 Å². The summed E-state index contributed by atoms with van der Waals surface area (Å²) in [6, 6.07) is 8.98. The van der Waals surface area contributed by atoms with Crippen molar-refractivity contribution in [2.24, 2.45) is 0 Å². The van der Waals surface area contributed by atoms with E-state index in [2.05, 4.69) is 5.32 Å². The first-order valence-electron chi connectivity index (χ1n) is 7.55. The van der Waals surface area contributed by atoms with Gasteiger partial charge in [-0.3, -0.25) is 9.59 Å². The van der Waals surface area contributed by atoms with Crippen molar-refractivity contribution in [3.8, 4) is 11.3 Å². The van der Waals surface area contributed by atoms with E-state index in [9.17, 15) is 14.0 Å². The van der Waals surface area contributed by atoms with Crippen molar-refractivity contribution < 1.29 is 18.4 Å². The third-order valence-corrected chi connectivity index (χ3v) is 3.82. The number of carbonyl (C=O) groups is 2. The van der Waals surface area contributed by atoms with Gasteiger partial charge in [-0.05, 0) is 49.2 Å². The van der Waals surface area contributed by atoms with Crippen LogP contribution in [0.5, 0.6) is 0 Å². The lowest BCUT2D eigenvalue weighted by molar-refractivity contribution is -0.129. The Morgan fingerprint density at radius 2 is 1.78 bits per heavy atom. The number of halogens is 1. The zero-order chi connectivity index (χ0) is 16.2. The highest BCUT2D eigenvalue weighted by Gasteiger charge is 2.19. The van der Waals surface area contributed by atoms with Crippen LogP contribution >= 0.6 is 0 Å². The van der Waals surface area contributed by atoms with E-state index in [1.165, 1.54) is 18.2 Å². The van der Waals surface area contributed by atoms with Crippen molar-refractivity contribution in [2.75, 3.05) is 19.6 Å². The lowest BCUT2D eigenvalue weighted by Crippen LogP contribution is -2.38. The average molecular weight is 316 g/mol. The average Bonchev–Trinajstić information content (AvgIpc) is 3.24. The molecule has 0 saturated carbocycles. The minimum Gasteiger partial charge on any atom is -0.451 e. The van der Waals surface area contributed by atoms with Crippen LogP contribution in [0.15, 0.2) is 40.8 Å². The fraction of sp³-hybridized carbons (Fsp3) is 0.294. The van der Waals surface area contributed by atoms with Crippen molar-refractivity contribution in [2.45, 2.75) is 12.8 Å². The quantitative estimate of drug-likeness (QED) is 0.942. The summed E-state index contributed by atoms with van der Waals surface area (Å²) in [6.45, 7) is 1.47. The molecule has 0 bridgehead atoms. The van der Waals surface area contributed by atoms with Gasteiger partial charge in [0.15, 0.2) is 5.76 Å². The lowest BCUT2D eigenvalue weighted by Gasteiger charge is -2.14. The molecular formula is C17H17FN2O3. The first kappa shape index (κ1) is 15.3. The highest BCUT2D eigenvalue weighted by Crippen LogP contribution is 2.22. The normalized spacial score (nSPS) is 14.0. The maximum absolute atomic E-state index is 12.9. The molecule has 0 atom stereocenters. The molecule has 1 aliphatic rings. The fourth-order valence-electron chi connectivity index (χ4n) is 2.55. The summed E-state index contributed by atoms with van der Waals surface area (Å²) in [6.07, 6.45) is 2.03. The topological polar surface area (TPSA) is 62.6 Å². The number of carbonyl (C=O) groups excluding carboxylic acids is 2. The van der Waals surface area contributed by atoms with Crippen LogP contribution in [-0.4, -0.2) is 36.3 Å². The van der Waals surface area contributed by atoms with Crippen molar-refractivity contribution in [3.05, 3.63) is 48.0 Å². The molecule has 1 aromatic heterocycles. The zero-order valence-corrected chi connectivity index (χ0v) is 12.5. The SMILES string of the molecule is O=C(NCC(=O)N1CCCC1)c1ccc(-c2ccc(F)cc2)o1. The highest BCUT2D eigenvalue weighted by molar-refractivity contribution is 5.94. The third-order valence-electron chi connectivity index (χ3n) is 3.82. The molecule has 23 heavy (non-hydrogen) atoms. The zero-order valence-electron chi connectivity index (χ0n) is 12.5. The molecule has 2 heterocycles. The van der Waals surface area contributed by atoms with Crippen molar-refractivity contribution in [1.29, 1.82) is 0 Å². The van der Waals surface area contributed by atoms with Gasteiger partial charge < -0.3 is 14.6 Å². The van der Waals surface area contributed by atoms with Gasteiger partial charge in [-0.2, -0.15) is 0 Å². The molecular weight excluding hydrogens is 299 g/mol. The lowest BCUT2D eigenvalue weighted by atomic mass is 10.2. The Labute approximate surface area is 133 Å². The van der Waals surface area contributed by atoms with Crippen LogP contribution in [0, 0.1) is 5.82 Å². The van der Waals surface area contributed by atoms with E-state index in [1.54, 1.807) is 23.1 Å². The van der Waals surface area contributed by atoms with Crippen LogP contribution in [0.4, 0.5) is 4.39 Å². The molecule has 0 radical (unpaired) electrons. The van der Waals surface area contributed by atoms with Gasteiger partial charge in [-0.25, -0.2) is 4.39 Å². The standard InChI is InChI=1S/C17H17FN2O3/c18-13-5-3-12(4-6-13)14-7-8-15(23-14)17(22)19-11-16(21)20-9-1-2-10-20/h3-8H,1-2,9-11H2,(H,19,22). The minimum absolute atomic E-state index is 0.0363. The van der Waals surface area contributed by atoms with Crippen LogP contribution in [0.3, 0.4) is 0 Å². The molecule has 1 aliphatic heterocycles. The number of likely N-dealkylation sites (tertiary alicyclic amines) is 1. The Morgan fingerprint density at radius 1 is 1.09 bits per heavy atom. The molecule has 2 amide bonds. The first-order chi connectivity index (χ1) is 11.1. The molecule has 6 heteroatoms. The maximum Gasteiger partial charge on any atom is 0.287 e. The Morgan fingerprint density at radius 3 is 2.48 bits per heavy atom. The second-order valence-corrected chi connectivity index (χ2v) is 5.44. The number of rotatable bonds is 4. The van der Waals surface area contributed by atoms with E-state index in [0.717, 1.165) is 25.9 Å². The molecule has 1 fully saturated rings. The van der Waals surface area contributed by atoms with E-state index in [-0.39, 0.29) is 24.0 Å². The van der Waals surface area contributed by atoms with Crippen molar-refractivity contribution in [1.82, 2.24) is 10.2 Å². The van der Waals surface area contributed by atoms with E-state index in [1.807, 2.05) is 0 Å². The molecule has 1 N–H and O–H groups in total. The van der Waals surface area contributed by atoms with Crippen LogP contribution in [-0.2, 0) is 4.79 Å². The van der Waals surface area contributed by atoms with Crippen LogP contribution < -0.4 is 5.32 Å². The van der Waals surface area contributed by atoms with Crippen LogP contribution in [0.25, 0.3) is 11.3 Å². The smallest absolute Gasteiger partial charge is 0.287 e. The first-order valence-corrected chi connectivity index (χ1v) is 7.55. The predicted octanol–water partition coefficient (Wildman–Crippen LogP) is 2.44. The Bertz CT molecular complexity index is 703. The van der Waals surface area contributed by atoms with Crippen LogP contribution in [0.1, 0.15) is 23.4 Å². The Balaban J connectivity index is 1.59. The molecule has 0 spiro atoms. The van der Waals surface area contributed by atoms with E-state index < -0.39 is 5.91 Å². The minimum atomic E-state index is -0.439. The molecule has 2 aromatic rings. The number of nitrogens with one attached hydrogen (secondary N) is 1. The summed E-state index contributed by atoms with van der Waals surface area (Å²) in [5.74, 6) is -0.259. The van der Waals surface area contributed by atoms with Crippen molar-refractivity contribution in [3.63, 3.8) is 0 Å². The Hall–Kier alpha value is -2.63. The second kappa shape index (κ2) is 6.64. The number of benzene rings is 1. The summed E-state index contributed by atoms with van der Waals surface area (Å²) in [7, 11) is 0. The number of hydrogen-bond acceptors (Lipinski definition) is 3. The van der Waals surface area contributed by atoms with E-state index in [4.69, 9.17) is 4.42 Å². The number of furan rings is 1. The van der Waals surface area contributed by atoms with Gasteiger partial charge in [0.2, 0.25) is 5.91 Å². The largest absolute Gasteiger partial charge is 0.451 e. The molecule has 1 aromatic carbocycles. The van der Waals surface area contributed by atoms with Crippen LogP contribution in [0.2, 0.25) is 0 Å². The second-order valence-electron chi connectivity index (χ2n) is 5.44. The number of hydrogen-bond donors (Lipinski definition) is 1. The summed E-state index contributed by atoms with van der Waals surface area (Å²) in [5.41, 5.74) is 0.679. The third kappa shape index (κ3) is 3.59. The molecule has 0 aliphatic carbocycles. The van der Waals surface area contributed by atoms with E-state index in [0.29, 0.717) is 11.3 Å². The van der Waals surface area contributed by atoms with Gasteiger partial charge in [0.05, 0.1) is 6.54 Å². The predicted molar refractivity (Wildman–Crippen MR) is 82.2 cm³/mol. The van der Waals surface area contributed by atoms with Gasteiger partial charge in [-0.15, -0.1) is 0 Å². The summed E-state index contributed by atoms with van der Waals surface area (Å²) in [4.78, 5) is 25.7. The van der Waals surface area contributed by atoms with E-state index >= 15 is 0 Å². The van der Waals surface area contributed by atoms with Gasteiger partial charge in [0.1, 0.15) is 11.6 Å². The number of amides is 2. The highest BCUT2D eigenvalue weighted by atomic mass is 19.1.